The molecule has 0 spiro atoms. The molecule has 6 heteroatoms. The Morgan fingerprint density at radius 3 is 2.79 bits per heavy atom. The highest BCUT2D eigenvalue weighted by Gasteiger charge is 2.15. The van der Waals surface area contributed by atoms with Crippen molar-refractivity contribution < 1.29 is 9.53 Å². The lowest BCUT2D eigenvalue weighted by Gasteiger charge is -2.12. The molecule has 5 nitrogen and oxygen atoms in total. The van der Waals surface area contributed by atoms with Gasteiger partial charge in [-0.2, -0.15) is 0 Å². The van der Waals surface area contributed by atoms with Gasteiger partial charge in [0.15, 0.2) is 0 Å². The number of halogens is 1. The Morgan fingerprint density at radius 1 is 1.38 bits per heavy atom. The van der Waals surface area contributed by atoms with Gasteiger partial charge in [0.2, 0.25) is 5.43 Å². The van der Waals surface area contributed by atoms with E-state index >= 15 is 0 Å². The van der Waals surface area contributed by atoms with Gasteiger partial charge in [-0.1, -0.05) is 11.6 Å². The summed E-state index contributed by atoms with van der Waals surface area (Å²) in [6, 6.07) is 5.15. The number of hydrogen-bond donors (Lipinski definition) is 1. The number of aromatic nitrogens is 1. The summed E-state index contributed by atoms with van der Waals surface area (Å²) in [5, 5.41) is 3.71. The molecule has 1 N–H and O–H groups in total. The van der Waals surface area contributed by atoms with Gasteiger partial charge in [0.1, 0.15) is 5.56 Å². The van der Waals surface area contributed by atoms with Gasteiger partial charge < -0.3 is 14.6 Å². The molecule has 0 atom stereocenters. The Labute approximate surface area is 146 Å². The zero-order chi connectivity index (χ0) is 17.7. The lowest BCUT2D eigenvalue weighted by atomic mass is 10.1. The standard InChI is InChI=1S/C18H23ClN2O3/c1-4-21-11-15(18(23)20-8-5-9-24-12(2)3)17(22)14-10-13(19)6-7-16(14)21/h6-7,10-12H,4-5,8-9H2,1-3H3,(H,20,23). The third-order valence-electron chi connectivity index (χ3n) is 3.69. The van der Waals surface area contributed by atoms with Crippen molar-refractivity contribution in [3.63, 3.8) is 0 Å². The molecule has 0 bridgehead atoms. The fourth-order valence-electron chi connectivity index (χ4n) is 2.48. The van der Waals surface area contributed by atoms with Gasteiger partial charge in [-0.3, -0.25) is 9.59 Å². The molecular formula is C18H23ClN2O3. The second-order valence-corrected chi connectivity index (χ2v) is 6.28. The largest absolute Gasteiger partial charge is 0.379 e. The maximum atomic E-state index is 12.6. The van der Waals surface area contributed by atoms with E-state index in [0.717, 1.165) is 5.52 Å². The van der Waals surface area contributed by atoms with Gasteiger partial charge in [0.05, 0.1) is 11.6 Å². The summed E-state index contributed by atoms with van der Waals surface area (Å²) in [7, 11) is 0. The van der Waals surface area contributed by atoms with E-state index in [0.29, 0.717) is 36.5 Å². The van der Waals surface area contributed by atoms with Crippen molar-refractivity contribution in [2.24, 2.45) is 0 Å². The molecule has 0 saturated heterocycles. The van der Waals surface area contributed by atoms with E-state index in [4.69, 9.17) is 16.3 Å². The van der Waals surface area contributed by atoms with Crippen LogP contribution in [0.25, 0.3) is 10.9 Å². The highest BCUT2D eigenvalue weighted by molar-refractivity contribution is 6.31. The Hall–Kier alpha value is -1.85. The molecule has 0 unspecified atom stereocenters. The third kappa shape index (κ3) is 4.36. The average molecular weight is 351 g/mol. The third-order valence-corrected chi connectivity index (χ3v) is 3.92. The highest BCUT2D eigenvalue weighted by Crippen LogP contribution is 2.17. The number of hydrogen-bond acceptors (Lipinski definition) is 3. The number of aryl methyl sites for hydroxylation is 1. The number of carbonyl (C=O) groups is 1. The molecule has 130 valence electrons. The van der Waals surface area contributed by atoms with Crippen LogP contribution >= 0.6 is 11.6 Å². The van der Waals surface area contributed by atoms with Crippen molar-refractivity contribution in [3.05, 3.63) is 45.2 Å². The fourth-order valence-corrected chi connectivity index (χ4v) is 2.65. The van der Waals surface area contributed by atoms with Gasteiger partial charge in [-0.15, -0.1) is 0 Å². The van der Waals surface area contributed by atoms with E-state index in [9.17, 15) is 9.59 Å². The number of benzene rings is 1. The minimum Gasteiger partial charge on any atom is -0.379 e. The van der Waals surface area contributed by atoms with E-state index < -0.39 is 0 Å². The van der Waals surface area contributed by atoms with Crippen LogP contribution in [-0.2, 0) is 11.3 Å². The first kappa shape index (κ1) is 18.5. The van der Waals surface area contributed by atoms with E-state index in [-0.39, 0.29) is 23.0 Å². The number of nitrogens with zero attached hydrogens (tertiary/aromatic N) is 1. The fraction of sp³-hybridized carbons (Fsp3) is 0.444. The van der Waals surface area contributed by atoms with Crippen molar-refractivity contribution in [1.29, 1.82) is 0 Å². The predicted octanol–water partition coefficient (Wildman–Crippen LogP) is 3.22. The predicted molar refractivity (Wildman–Crippen MR) is 96.9 cm³/mol. The Morgan fingerprint density at radius 2 is 2.12 bits per heavy atom. The molecule has 24 heavy (non-hydrogen) atoms. The number of pyridine rings is 1. The number of nitrogens with one attached hydrogen (secondary N) is 1. The molecule has 0 fully saturated rings. The molecule has 2 rings (SSSR count). The maximum absolute atomic E-state index is 12.6. The van der Waals surface area contributed by atoms with Gasteiger partial charge in [-0.25, -0.2) is 0 Å². The molecule has 0 aliphatic carbocycles. The van der Waals surface area contributed by atoms with E-state index in [1.54, 1.807) is 24.4 Å². The molecule has 1 amide bonds. The van der Waals surface area contributed by atoms with Crippen molar-refractivity contribution in [2.75, 3.05) is 13.2 Å². The number of ether oxygens (including phenoxy) is 1. The van der Waals surface area contributed by atoms with E-state index in [2.05, 4.69) is 5.32 Å². The van der Waals surface area contributed by atoms with Gasteiger partial charge in [-0.05, 0) is 45.4 Å². The quantitative estimate of drug-likeness (QED) is 0.780. The summed E-state index contributed by atoms with van der Waals surface area (Å²) < 4.78 is 7.31. The summed E-state index contributed by atoms with van der Waals surface area (Å²) in [4.78, 5) is 25.0. The Bertz CT molecular complexity index is 784. The van der Waals surface area contributed by atoms with E-state index in [1.807, 2.05) is 25.3 Å². The smallest absolute Gasteiger partial charge is 0.256 e. The van der Waals surface area contributed by atoms with E-state index in [1.165, 1.54) is 0 Å². The number of carbonyl (C=O) groups excluding carboxylic acids is 1. The first-order valence-corrected chi connectivity index (χ1v) is 8.54. The molecule has 1 aromatic carbocycles. The minimum atomic E-state index is -0.367. The lowest BCUT2D eigenvalue weighted by Crippen LogP contribution is -2.31. The summed E-state index contributed by atoms with van der Waals surface area (Å²) in [5.74, 6) is -0.367. The Balaban J connectivity index is 2.20. The zero-order valence-corrected chi connectivity index (χ0v) is 15.0. The van der Waals surface area contributed by atoms with Crippen LogP contribution in [0.1, 0.15) is 37.6 Å². The monoisotopic (exact) mass is 350 g/mol. The lowest BCUT2D eigenvalue weighted by molar-refractivity contribution is 0.0757. The van der Waals surface area contributed by atoms with Crippen LogP contribution in [0, 0.1) is 0 Å². The maximum Gasteiger partial charge on any atom is 0.256 e. The molecular weight excluding hydrogens is 328 g/mol. The number of amides is 1. The zero-order valence-electron chi connectivity index (χ0n) is 14.3. The van der Waals surface area contributed by atoms with Crippen molar-refractivity contribution in [2.45, 2.75) is 39.8 Å². The molecule has 0 aliphatic rings. The van der Waals surface area contributed by atoms with Crippen LogP contribution in [0.4, 0.5) is 0 Å². The molecule has 2 aromatic rings. The van der Waals surface area contributed by atoms with Crippen molar-refractivity contribution >= 4 is 28.4 Å². The van der Waals surface area contributed by atoms with Crippen LogP contribution in [0.15, 0.2) is 29.2 Å². The number of fused-ring (bicyclic) bond motifs is 1. The first-order valence-electron chi connectivity index (χ1n) is 8.16. The van der Waals surface area contributed by atoms with Crippen LogP contribution < -0.4 is 10.7 Å². The van der Waals surface area contributed by atoms with Gasteiger partial charge >= 0.3 is 0 Å². The summed E-state index contributed by atoms with van der Waals surface area (Å²) in [6.45, 7) is 7.58. The normalized spacial score (nSPS) is 11.2. The second kappa shape index (κ2) is 8.31. The summed E-state index contributed by atoms with van der Waals surface area (Å²) in [6.07, 6.45) is 2.48. The number of rotatable bonds is 7. The molecule has 1 aromatic heterocycles. The molecule has 0 saturated carbocycles. The van der Waals surface area contributed by atoms with Crippen molar-refractivity contribution in [1.82, 2.24) is 9.88 Å². The topological polar surface area (TPSA) is 60.3 Å². The van der Waals surface area contributed by atoms with Crippen LogP contribution in [0.5, 0.6) is 0 Å². The van der Waals surface area contributed by atoms with Crippen molar-refractivity contribution in [3.8, 4) is 0 Å². The minimum absolute atomic E-state index is 0.136. The molecule has 1 heterocycles. The summed E-state index contributed by atoms with van der Waals surface area (Å²) in [5.41, 5.74) is 0.610. The molecule has 0 radical (unpaired) electrons. The highest BCUT2D eigenvalue weighted by atomic mass is 35.5. The van der Waals surface area contributed by atoms with Crippen LogP contribution in [0.3, 0.4) is 0 Å². The summed E-state index contributed by atoms with van der Waals surface area (Å²) >= 11 is 6.00. The van der Waals surface area contributed by atoms with Crippen LogP contribution in [0.2, 0.25) is 5.02 Å². The van der Waals surface area contributed by atoms with Gasteiger partial charge in [0, 0.05) is 36.3 Å². The second-order valence-electron chi connectivity index (χ2n) is 5.85. The Kier molecular flexibility index (Phi) is 6.40. The SMILES string of the molecule is CCn1cc(C(=O)NCCCOC(C)C)c(=O)c2cc(Cl)ccc21. The first-order chi connectivity index (χ1) is 11.4. The van der Waals surface area contributed by atoms with Gasteiger partial charge in [0.25, 0.3) is 5.91 Å². The van der Waals surface area contributed by atoms with Crippen LogP contribution in [-0.4, -0.2) is 29.7 Å². The molecule has 0 aliphatic heterocycles. The average Bonchev–Trinajstić information content (AvgIpc) is 2.54.